The Morgan fingerprint density at radius 3 is 2.46 bits per heavy atom. The second kappa shape index (κ2) is 3.44. The molecule has 72 valence electrons. The van der Waals surface area contributed by atoms with E-state index in [0.29, 0.717) is 0 Å². The Balaban J connectivity index is 3.15. The summed E-state index contributed by atoms with van der Waals surface area (Å²) in [7, 11) is 0. The summed E-state index contributed by atoms with van der Waals surface area (Å²) in [5.41, 5.74) is 1.55. The maximum absolute atomic E-state index is 13.1. The zero-order valence-electron chi connectivity index (χ0n) is 8.69. The van der Waals surface area contributed by atoms with Crippen molar-refractivity contribution in [3.8, 4) is 0 Å². The van der Waals surface area contributed by atoms with Gasteiger partial charge in [0, 0.05) is 16.8 Å². The molecule has 0 radical (unpaired) electrons. The number of rotatable bonds is 2. The van der Waals surface area contributed by atoms with E-state index >= 15 is 0 Å². The number of pyridine rings is 1. The summed E-state index contributed by atoms with van der Waals surface area (Å²) in [6.07, 6.45) is 0.961. The molecule has 2 heteroatoms. The Labute approximate surface area is 79.0 Å². The molecule has 0 bridgehead atoms. The lowest BCUT2D eigenvalue weighted by Gasteiger charge is -2.22. The average Bonchev–Trinajstić information content (AvgIpc) is 2.02. The van der Waals surface area contributed by atoms with Crippen molar-refractivity contribution >= 4 is 0 Å². The SMILES string of the molecule is CCC(C)(C)c1cc(F)cc(C)n1. The van der Waals surface area contributed by atoms with E-state index in [0.717, 1.165) is 17.8 Å². The zero-order valence-corrected chi connectivity index (χ0v) is 8.69. The van der Waals surface area contributed by atoms with E-state index in [9.17, 15) is 4.39 Å². The van der Waals surface area contributed by atoms with Gasteiger partial charge in [-0.25, -0.2) is 4.39 Å². The molecule has 0 unspecified atom stereocenters. The smallest absolute Gasteiger partial charge is 0.126 e. The molecular weight excluding hydrogens is 165 g/mol. The Kier molecular flexibility index (Phi) is 2.69. The Morgan fingerprint density at radius 1 is 1.38 bits per heavy atom. The highest BCUT2D eigenvalue weighted by molar-refractivity contribution is 5.18. The van der Waals surface area contributed by atoms with Gasteiger partial charge in [-0.1, -0.05) is 20.8 Å². The van der Waals surface area contributed by atoms with Crippen LogP contribution in [0.3, 0.4) is 0 Å². The average molecular weight is 181 g/mol. The highest BCUT2D eigenvalue weighted by Gasteiger charge is 2.20. The Bertz CT molecular complexity index is 285. The van der Waals surface area contributed by atoms with Crippen LogP contribution in [0, 0.1) is 12.7 Å². The van der Waals surface area contributed by atoms with Crippen LogP contribution in [-0.4, -0.2) is 4.98 Å². The third-order valence-electron chi connectivity index (χ3n) is 2.50. The van der Waals surface area contributed by atoms with E-state index in [2.05, 4.69) is 25.8 Å². The van der Waals surface area contributed by atoms with E-state index in [1.807, 2.05) is 6.92 Å². The van der Waals surface area contributed by atoms with Gasteiger partial charge in [0.15, 0.2) is 0 Å². The molecule has 0 spiro atoms. The van der Waals surface area contributed by atoms with Crippen molar-refractivity contribution in [2.75, 3.05) is 0 Å². The fourth-order valence-corrected chi connectivity index (χ4v) is 1.15. The first-order valence-electron chi connectivity index (χ1n) is 4.60. The van der Waals surface area contributed by atoms with Crippen LogP contribution >= 0.6 is 0 Å². The van der Waals surface area contributed by atoms with E-state index < -0.39 is 0 Å². The van der Waals surface area contributed by atoms with Crippen molar-refractivity contribution in [3.05, 3.63) is 29.3 Å². The van der Waals surface area contributed by atoms with Crippen molar-refractivity contribution < 1.29 is 4.39 Å². The van der Waals surface area contributed by atoms with Crippen molar-refractivity contribution in [2.45, 2.75) is 39.5 Å². The number of nitrogens with zero attached hydrogens (tertiary/aromatic N) is 1. The topological polar surface area (TPSA) is 12.9 Å². The lowest BCUT2D eigenvalue weighted by atomic mass is 9.86. The highest BCUT2D eigenvalue weighted by Crippen LogP contribution is 2.25. The summed E-state index contributed by atoms with van der Waals surface area (Å²) in [5.74, 6) is -0.191. The predicted molar refractivity (Wildman–Crippen MR) is 52.2 cm³/mol. The second-order valence-electron chi connectivity index (χ2n) is 4.05. The molecule has 1 aromatic rings. The molecule has 0 fully saturated rings. The summed E-state index contributed by atoms with van der Waals surface area (Å²) in [6.45, 7) is 8.06. The first kappa shape index (κ1) is 10.2. The lowest BCUT2D eigenvalue weighted by Crippen LogP contribution is -2.18. The minimum Gasteiger partial charge on any atom is -0.257 e. The molecule has 0 aliphatic rings. The van der Waals surface area contributed by atoms with Crippen molar-refractivity contribution in [1.29, 1.82) is 0 Å². The second-order valence-corrected chi connectivity index (χ2v) is 4.05. The molecule has 0 aliphatic heterocycles. The van der Waals surface area contributed by atoms with E-state index in [-0.39, 0.29) is 11.2 Å². The molecule has 1 aromatic heterocycles. The lowest BCUT2D eigenvalue weighted by molar-refractivity contribution is 0.482. The van der Waals surface area contributed by atoms with E-state index in [4.69, 9.17) is 0 Å². The molecular formula is C11H16FN. The number of hydrogen-bond acceptors (Lipinski definition) is 1. The van der Waals surface area contributed by atoms with Gasteiger partial charge in [-0.2, -0.15) is 0 Å². The molecule has 13 heavy (non-hydrogen) atoms. The first-order valence-corrected chi connectivity index (χ1v) is 4.60. The maximum Gasteiger partial charge on any atom is 0.126 e. The predicted octanol–water partition coefficient (Wildman–Crippen LogP) is 3.22. The number of aryl methyl sites for hydroxylation is 1. The highest BCUT2D eigenvalue weighted by atomic mass is 19.1. The summed E-state index contributed by atoms with van der Waals surface area (Å²) in [5, 5.41) is 0. The van der Waals surface area contributed by atoms with Gasteiger partial charge < -0.3 is 0 Å². The normalized spacial score (nSPS) is 11.8. The number of hydrogen-bond donors (Lipinski definition) is 0. The molecule has 0 aliphatic carbocycles. The summed E-state index contributed by atoms with van der Waals surface area (Å²) in [6, 6.07) is 2.98. The van der Waals surface area contributed by atoms with Crippen molar-refractivity contribution in [2.24, 2.45) is 0 Å². The molecule has 1 nitrogen and oxygen atoms in total. The van der Waals surface area contributed by atoms with Crippen molar-refractivity contribution in [1.82, 2.24) is 4.98 Å². The van der Waals surface area contributed by atoms with Crippen molar-refractivity contribution in [3.63, 3.8) is 0 Å². The molecule has 0 aromatic carbocycles. The van der Waals surface area contributed by atoms with Crippen LogP contribution < -0.4 is 0 Å². The van der Waals surface area contributed by atoms with Gasteiger partial charge in [0.05, 0.1) is 0 Å². The van der Waals surface area contributed by atoms with Gasteiger partial charge >= 0.3 is 0 Å². The van der Waals surface area contributed by atoms with Crippen LogP contribution in [-0.2, 0) is 5.41 Å². The summed E-state index contributed by atoms with van der Waals surface area (Å²) in [4.78, 5) is 4.34. The van der Waals surface area contributed by atoms with Crippen LogP contribution in [0.4, 0.5) is 4.39 Å². The maximum atomic E-state index is 13.1. The molecule has 0 atom stereocenters. The summed E-state index contributed by atoms with van der Waals surface area (Å²) >= 11 is 0. The van der Waals surface area contributed by atoms with Gasteiger partial charge in [-0.3, -0.25) is 4.98 Å². The molecule has 0 N–H and O–H groups in total. The van der Waals surface area contributed by atoms with Crippen LogP contribution in [0.1, 0.15) is 38.6 Å². The minimum atomic E-state index is -0.191. The van der Waals surface area contributed by atoms with Crippen LogP contribution in [0.5, 0.6) is 0 Å². The van der Waals surface area contributed by atoms with E-state index in [1.165, 1.54) is 12.1 Å². The van der Waals surface area contributed by atoms with Gasteiger partial charge in [0.25, 0.3) is 0 Å². The fourth-order valence-electron chi connectivity index (χ4n) is 1.15. The third-order valence-corrected chi connectivity index (χ3v) is 2.50. The molecule has 1 heterocycles. The van der Waals surface area contributed by atoms with Crippen LogP contribution in [0.15, 0.2) is 12.1 Å². The number of aromatic nitrogens is 1. The minimum absolute atomic E-state index is 0.0349. The van der Waals surface area contributed by atoms with Crippen LogP contribution in [0.25, 0.3) is 0 Å². The molecule has 0 amide bonds. The van der Waals surface area contributed by atoms with Gasteiger partial charge in [-0.15, -0.1) is 0 Å². The van der Waals surface area contributed by atoms with Gasteiger partial charge in [0.2, 0.25) is 0 Å². The summed E-state index contributed by atoms with van der Waals surface area (Å²) < 4.78 is 13.1. The molecule has 1 rings (SSSR count). The Morgan fingerprint density at radius 2 is 2.00 bits per heavy atom. The fraction of sp³-hybridized carbons (Fsp3) is 0.545. The van der Waals surface area contributed by atoms with Crippen LogP contribution in [0.2, 0.25) is 0 Å². The van der Waals surface area contributed by atoms with E-state index in [1.54, 1.807) is 0 Å². The Hall–Kier alpha value is -0.920. The number of halogens is 1. The standard InChI is InChI=1S/C11H16FN/c1-5-11(3,4)10-7-9(12)6-8(2)13-10/h6-7H,5H2,1-4H3. The molecule has 0 saturated carbocycles. The zero-order chi connectivity index (χ0) is 10.1. The van der Waals surface area contributed by atoms with Gasteiger partial charge in [0.1, 0.15) is 5.82 Å². The monoisotopic (exact) mass is 181 g/mol. The quantitative estimate of drug-likeness (QED) is 0.682. The third kappa shape index (κ3) is 2.27. The largest absolute Gasteiger partial charge is 0.257 e. The van der Waals surface area contributed by atoms with Gasteiger partial charge in [-0.05, 0) is 25.5 Å². The molecule has 0 saturated heterocycles. The first-order chi connectivity index (χ1) is 5.95.